The van der Waals surface area contributed by atoms with Crippen molar-refractivity contribution in [1.82, 2.24) is 14.7 Å². The second-order valence-electron chi connectivity index (χ2n) is 8.16. The van der Waals surface area contributed by atoms with Gasteiger partial charge in [-0.25, -0.2) is 0 Å². The van der Waals surface area contributed by atoms with Gasteiger partial charge < -0.3 is 13.8 Å². The number of carbonyl (C=O) groups is 1. The molecule has 0 radical (unpaired) electrons. The maximum Gasteiger partial charge on any atom is 0.432 e. The molecule has 0 bridgehead atoms. The van der Waals surface area contributed by atoms with E-state index < -0.39 is 29.0 Å². The summed E-state index contributed by atoms with van der Waals surface area (Å²) in [7, 11) is 0. The Hall–Kier alpha value is -4.11. The van der Waals surface area contributed by atoms with Crippen LogP contribution in [0.1, 0.15) is 34.4 Å². The predicted molar refractivity (Wildman–Crippen MR) is 132 cm³/mol. The molecule has 0 aliphatic rings. The number of fused-ring (bicyclic) bond motifs is 1. The molecule has 2 heterocycles. The summed E-state index contributed by atoms with van der Waals surface area (Å²) < 4.78 is 55.6. The average Bonchev–Trinajstić information content (AvgIpc) is 3.49. The van der Waals surface area contributed by atoms with Crippen LogP contribution in [0.5, 0.6) is 5.75 Å². The van der Waals surface area contributed by atoms with Gasteiger partial charge in [-0.1, -0.05) is 47.1 Å². The van der Waals surface area contributed by atoms with E-state index >= 15 is 0 Å². The molecule has 0 spiro atoms. The van der Waals surface area contributed by atoms with Crippen molar-refractivity contribution in [3.8, 4) is 17.2 Å². The highest BCUT2D eigenvalue weighted by molar-refractivity contribution is 6.30. The molecule has 10 heteroatoms. The summed E-state index contributed by atoms with van der Waals surface area (Å²) in [6, 6.07) is 19.6. The average molecular weight is 526 g/mol. The number of rotatable bonds is 7. The molecule has 5 rings (SSSR count). The summed E-state index contributed by atoms with van der Waals surface area (Å²) >= 11 is 5.95. The Morgan fingerprint density at radius 2 is 1.78 bits per heavy atom. The third-order valence-corrected chi connectivity index (χ3v) is 6.00. The van der Waals surface area contributed by atoms with Crippen molar-refractivity contribution >= 4 is 28.3 Å². The molecule has 6 nitrogen and oxygen atoms in total. The predicted octanol–water partition coefficient (Wildman–Crippen LogP) is 7.04. The molecule has 0 atom stereocenters. The van der Waals surface area contributed by atoms with E-state index in [0.29, 0.717) is 28.5 Å². The Morgan fingerprint density at radius 3 is 2.46 bits per heavy atom. The third kappa shape index (κ3) is 4.82. The lowest BCUT2D eigenvalue weighted by Crippen LogP contribution is -2.19. The number of aromatic nitrogens is 3. The number of ether oxygens (including phenoxy) is 1. The summed E-state index contributed by atoms with van der Waals surface area (Å²) in [5.41, 5.74) is -0.360. The summed E-state index contributed by atoms with van der Waals surface area (Å²) in [5, 5.41) is 4.23. The molecule has 0 saturated carbocycles. The van der Waals surface area contributed by atoms with E-state index in [-0.39, 0.29) is 23.3 Å². The van der Waals surface area contributed by atoms with Crippen LogP contribution in [0.15, 0.2) is 77.3 Å². The van der Waals surface area contributed by atoms with Crippen LogP contribution in [-0.2, 0) is 12.7 Å². The molecule has 0 aliphatic heterocycles. The first-order valence-corrected chi connectivity index (χ1v) is 11.7. The van der Waals surface area contributed by atoms with E-state index in [9.17, 15) is 18.0 Å². The highest BCUT2D eigenvalue weighted by atomic mass is 35.5. The molecule has 2 aromatic heterocycles. The first-order valence-electron chi connectivity index (χ1n) is 11.3. The topological polar surface area (TPSA) is 70.2 Å². The number of nitrogens with zero attached hydrogens (tertiary/aromatic N) is 3. The van der Waals surface area contributed by atoms with E-state index in [0.717, 1.165) is 4.57 Å². The Kier molecular flexibility index (Phi) is 6.47. The molecule has 0 aliphatic carbocycles. The van der Waals surface area contributed by atoms with E-state index in [1.54, 1.807) is 67.6 Å². The number of hydrogen-bond acceptors (Lipinski definition) is 5. The Balaban J connectivity index is 1.71. The van der Waals surface area contributed by atoms with Gasteiger partial charge in [-0.2, -0.15) is 18.2 Å². The lowest BCUT2D eigenvalue weighted by molar-refractivity contribution is -0.143. The minimum Gasteiger partial charge on any atom is -0.494 e. The van der Waals surface area contributed by atoms with E-state index in [1.807, 2.05) is 0 Å². The second kappa shape index (κ2) is 9.74. The second-order valence-corrected chi connectivity index (χ2v) is 8.60. The number of benzene rings is 3. The van der Waals surface area contributed by atoms with Crippen molar-refractivity contribution < 1.29 is 27.2 Å². The monoisotopic (exact) mass is 525 g/mol. The summed E-state index contributed by atoms with van der Waals surface area (Å²) in [6.07, 6.45) is -4.87. The van der Waals surface area contributed by atoms with Crippen molar-refractivity contribution in [2.75, 3.05) is 6.61 Å². The standard InChI is InChI=1S/C27H19ClF3N3O3/c1-2-36-19-12-13-21-20(14-19)22(23(35)25-32-26(37-33-25)17-6-4-3-5-7-17)24(27(29,30)31)34(21)15-16-8-10-18(28)11-9-16/h3-14H,2,15H2,1H3. The number of hydrogen-bond donors (Lipinski definition) is 0. The van der Waals surface area contributed by atoms with E-state index in [4.69, 9.17) is 20.9 Å². The smallest absolute Gasteiger partial charge is 0.432 e. The van der Waals surface area contributed by atoms with Gasteiger partial charge in [0.15, 0.2) is 0 Å². The summed E-state index contributed by atoms with van der Waals surface area (Å²) in [4.78, 5) is 17.7. The van der Waals surface area contributed by atoms with Gasteiger partial charge in [0.25, 0.3) is 5.89 Å². The largest absolute Gasteiger partial charge is 0.494 e. The van der Waals surface area contributed by atoms with Gasteiger partial charge in [-0.15, -0.1) is 0 Å². The van der Waals surface area contributed by atoms with Crippen molar-refractivity contribution in [2.45, 2.75) is 19.6 Å². The summed E-state index contributed by atoms with van der Waals surface area (Å²) in [6.45, 7) is 1.91. The zero-order valence-corrected chi connectivity index (χ0v) is 20.2. The number of halogens is 4. The van der Waals surface area contributed by atoms with Crippen LogP contribution >= 0.6 is 11.6 Å². The Labute approximate surface area is 214 Å². The molecule has 5 aromatic rings. The van der Waals surface area contributed by atoms with Crippen molar-refractivity contribution in [3.05, 3.63) is 100 Å². The van der Waals surface area contributed by atoms with Gasteiger partial charge in [0.05, 0.1) is 12.2 Å². The van der Waals surface area contributed by atoms with Crippen LogP contribution < -0.4 is 4.74 Å². The van der Waals surface area contributed by atoms with Crippen molar-refractivity contribution in [3.63, 3.8) is 0 Å². The molecular weight excluding hydrogens is 507 g/mol. The first kappa shape index (κ1) is 24.6. The van der Waals surface area contributed by atoms with Crippen LogP contribution in [0, 0.1) is 0 Å². The van der Waals surface area contributed by atoms with Crippen LogP contribution in [0.4, 0.5) is 13.2 Å². The molecule has 0 unspecified atom stereocenters. The van der Waals surface area contributed by atoms with Crippen molar-refractivity contribution in [2.24, 2.45) is 0 Å². The number of carbonyl (C=O) groups excluding carboxylic acids is 1. The molecule has 37 heavy (non-hydrogen) atoms. The van der Waals surface area contributed by atoms with Crippen LogP contribution in [0.3, 0.4) is 0 Å². The lowest BCUT2D eigenvalue weighted by atomic mass is 10.0. The van der Waals surface area contributed by atoms with Crippen molar-refractivity contribution in [1.29, 1.82) is 0 Å². The maximum atomic E-state index is 14.6. The third-order valence-electron chi connectivity index (χ3n) is 5.75. The maximum absolute atomic E-state index is 14.6. The summed E-state index contributed by atoms with van der Waals surface area (Å²) in [5.74, 6) is -1.12. The molecule has 188 valence electrons. The van der Waals surface area contributed by atoms with Gasteiger partial charge >= 0.3 is 6.18 Å². The van der Waals surface area contributed by atoms with Crippen LogP contribution in [-0.4, -0.2) is 27.1 Å². The normalized spacial score (nSPS) is 11.7. The molecule has 0 saturated heterocycles. The quantitative estimate of drug-likeness (QED) is 0.213. The van der Waals surface area contributed by atoms with Gasteiger partial charge in [0.2, 0.25) is 11.6 Å². The Morgan fingerprint density at radius 1 is 1.05 bits per heavy atom. The molecule has 0 amide bonds. The molecule has 0 N–H and O–H groups in total. The van der Waals surface area contributed by atoms with Crippen LogP contribution in [0.2, 0.25) is 5.02 Å². The van der Waals surface area contributed by atoms with Gasteiger partial charge in [0, 0.05) is 28.0 Å². The van der Waals surface area contributed by atoms with Gasteiger partial charge in [-0.05, 0) is 55.0 Å². The SMILES string of the molecule is CCOc1ccc2c(c1)c(C(=O)c1noc(-c3ccccc3)n1)c(C(F)(F)F)n2Cc1ccc(Cl)cc1. The Bertz CT molecular complexity index is 1580. The fourth-order valence-corrected chi connectivity index (χ4v) is 4.30. The van der Waals surface area contributed by atoms with Gasteiger partial charge in [-0.3, -0.25) is 4.79 Å². The zero-order valence-electron chi connectivity index (χ0n) is 19.4. The minimum absolute atomic E-state index is 0.0254. The highest BCUT2D eigenvalue weighted by Crippen LogP contribution is 2.41. The minimum atomic E-state index is -4.87. The fourth-order valence-electron chi connectivity index (χ4n) is 4.18. The fraction of sp³-hybridized carbons (Fsp3) is 0.148. The van der Waals surface area contributed by atoms with Crippen LogP contribution in [0.25, 0.3) is 22.4 Å². The zero-order chi connectivity index (χ0) is 26.2. The first-order chi connectivity index (χ1) is 17.8. The van der Waals surface area contributed by atoms with E-state index in [2.05, 4.69) is 10.1 Å². The van der Waals surface area contributed by atoms with E-state index in [1.165, 1.54) is 12.1 Å². The molecule has 3 aromatic carbocycles. The number of alkyl halides is 3. The highest BCUT2D eigenvalue weighted by Gasteiger charge is 2.42. The lowest BCUT2D eigenvalue weighted by Gasteiger charge is -2.14. The molecular formula is C27H19ClF3N3O3. The van der Waals surface area contributed by atoms with Gasteiger partial charge in [0.1, 0.15) is 11.4 Å². The molecule has 0 fully saturated rings. The number of ketones is 1.